The summed E-state index contributed by atoms with van der Waals surface area (Å²) < 4.78 is 28.6. The van der Waals surface area contributed by atoms with E-state index >= 15 is 0 Å². The highest BCUT2D eigenvalue weighted by Gasteiger charge is 2.35. The summed E-state index contributed by atoms with van der Waals surface area (Å²) in [6.45, 7) is 10.7. The van der Waals surface area contributed by atoms with Crippen LogP contribution in [0.2, 0.25) is 0 Å². The summed E-state index contributed by atoms with van der Waals surface area (Å²) in [5, 5.41) is 0. The summed E-state index contributed by atoms with van der Waals surface area (Å²) in [5.74, 6) is 0.212. The largest absolute Gasteiger partial charge is 0.446 e. The first-order chi connectivity index (χ1) is 15.3. The number of sulfone groups is 1. The minimum atomic E-state index is -3.03. The highest BCUT2D eigenvalue weighted by Crippen LogP contribution is 2.39. The highest BCUT2D eigenvalue weighted by molar-refractivity contribution is 7.90. The molecule has 1 unspecified atom stereocenters. The molecule has 1 aliphatic heterocycles. The van der Waals surface area contributed by atoms with E-state index in [-0.39, 0.29) is 29.7 Å². The van der Waals surface area contributed by atoms with E-state index in [1.807, 2.05) is 50.9 Å². The summed E-state index contributed by atoms with van der Waals surface area (Å²) in [5.41, 5.74) is 2.43. The maximum absolute atomic E-state index is 12.9. The standard InChI is InChI=1S/C24H39N3O5S/c1-8-9-21(16-25(6)12-13-33(7,30)31)20-10-11-22-23(14-20)26(24(29)32-17(2)3)15-18(4)27(22)19(5)28/h10-11,14,17-18,21H,8-9,12-13,15-16H2,1-7H3/t18-,21?/m0/s1. The normalized spacial score (nSPS) is 17.3. The van der Waals surface area contributed by atoms with Crippen molar-refractivity contribution in [1.29, 1.82) is 0 Å². The maximum Gasteiger partial charge on any atom is 0.414 e. The number of carbonyl (C=O) groups excluding carboxylic acids is 2. The first kappa shape index (κ1) is 27.1. The second-order valence-electron chi connectivity index (χ2n) is 9.41. The number of hydrogen-bond acceptors (Lipinski definition) is 6. The van der Waals surface area contributed by atoms with Gasteiger partial charge in [-0.25, -0.2) is 13.2 Å². The van der Waals surface area contributed by atoms with Crippen molar-refractivity contribution in [2.24, 2.45) is 0 Å². The Labute approximate surface area is 198 Å². The Kier molecular flexibility index (Phi) is 9.31. The van der Waals surface area contributed by atoms with Crippen molar-refractivity contribution in [3.8, 4) is 0 Å². The summed E-state index contributed by atoms with van der Waals surface area (Å²) in [6, 6.07) is 5.75. The van der Waals surface area contributed by atoms with Crippen LogP contribution in [-0.4, -0.2) is 76.2 Å². The van der Waals surface area contributed by atoms with E-state index in [0.29, 0.717) is 31.0 Å². The third-order valence-electron chi connectivity index (χ3n) is 5.82. The van der Waals surface area contributed by atoms with E-state index in [1.54, 1.807) is 9.80 Å². The predicted octanol–water partition coefficient (Wildman–Crippen LogP) is 3.65. The second kappa shape index (κ2) is 11.3. The number of fused-ring (bicyclic) bond motifs is 1. The van der Waals surface area contributed by atoms with Crippen molar-refractivity contribution < 1.29 is 22.7 Å². The molecule has 0 spiro atoms. The van der Waals surface area contributed by atoms with Crippen LogP contribution in [0.15, 0.2) is 18.2 Å². The molecule has 0 N–H and O–H groups in total. The zero-order valence-corrected chi connectivity index (χ0v) is 21.8. The Morgan fingerprint density at radius 2 is 1.91 bits per heavy atom. The molecule has 0 aliphatic carbocycles. The summed E-state index contributed by atoms with van der Waals surface area (Å²) in [7, 11) is -1.10. The minimum Gasteiger partial charge on any atom is -0.446 e. The lowest BCUT2D eigenvalue weighted by molar-refractivity contribution is -0.117. The molecule has 9 heteroatoms. The SMILES string of the molecule is CCCC(CN(C)CCS(C)(=O)=O)c1ccc2c(c1)N(C(=O)OC(C)C)C[C@H](C)N2C(C)=O. The smallest absolute Gasteiger partial charge is 0.414 e. The van der Waals surface area contributed by atoms with Crippen LogP contribution in [0.5, 0.6) is 0 Å². The lowest BCUT2D eigenvalue weighted by atomic mass is 9.92. The first-order valence-corrected chi connectivity index (χ1v) is 13.7. The van der Waals surface area contributed by atoms with Gasteiger partial charge in [-0.1, -0.05) is 19.4 Å². The van der Waals surface area contributed by atoms with E-state index < -0.39 is 15.9 Å². The Morgan fingerprint density at radius 3 is 2.45 bits per heavy atom. The van der Waals surface area contributed by atoms with E-state index in [9.17, 15) is 18.0 Å². The van der Waals surface area contributed by atoms with Crippen molar-refractivity contribution in [2.45, 2.75) is 65.5 Å². The molecule has 8 nitrogen and oxygen atoms in total. The van der Waals surface area contributed by atoms with Gasteiger partial charge in [-0.2, -0.15) is 0 Å². The van der Waals surface area contributed by atoms with Crippen LogP contribution < -0.4 is 9.80 Å². The van der Waals surface area contributed by atoms with E-state index in [0.717, 1.165) is 18.4 Å². The molecule has 1 aliphatic rings. The summed E-state index contributed by atoms with van der Waals surface area (Å²) in [6.07, 6.45) is 2.47. The van der Waals surface area contributed by atoms with Gasteiger partial charge in [0.2, 0.25) is 5.91 Å². The number of carbonyl (C=O) groups is 2. The molecule has 0 saturated heterocycles. The number of rotatable bonds is 9. The average Bonchev–Trinajstić information content (AvgIpc) is 2.69. The van der Waals surface area contributed by atoms with E-state index in [2.05, 4.69) is 6.92 Å². The molecule has 1 aromatic carbocycles. The third-order valence-corrected chi connectivity index (χ3v) is 6.74. The van der Waals surface area contributed by atoms with Crippen molar-refractivity contribution >= 4 is 33.2 Å². The number of amides is 2. The van der Waals surface area contributed by atoms with Gasteiger partial charge in [-0.3, -0.25) is 9.69 Å². The van der Waals surface area contributed by atoms with Crippen molar-refractivity contribution in [3.05, 3.63) is 23.8 Å². The molecule has 2 rings (SSSR count). The van der Waals surface area contributed by atoms with Crippen LogP contribution in [0, 0.1) is 0 Å². The van der Waals surface area contributed by atoms with Crippen LogP contribution in [0.25, 0.3) is 0 Å². The van der Waals surface area contributed by atoms with Gasteiger partial charge in [0, 0.05) is 32.8 Å². The zero-order chi connectivity index (χ0) is 24.9. The molecule has 2 amide bonds. The quantitative estimate of drug-likeness (QED) is 0.535. The monoisotopic (exact) mass is 481 g/mol. The van der Waals surface area contributed by atoms with Crippen molar-refractivity contribution in [2.75, 3.05) is 48.5 Å². The Hall–Kier alpha value is -2.13. The fraction of sp³-hybridized carbons (Fsp3) is 0.667. The number of nitrogens with zero attached hydrogens (tertiary/aromatic N) is 3. The van der Waals surface area contributed by atoms with Gasteiger partial charge in [0.15, 0.2) is 0 Å². The Bertz CT molecular complexity index is 947. The van der Waals surface area contributed by atoms with E-state index in [1.165, 1.54) is 13.2 Å². The van der Waals surface area contributed by atoms with Crippen molar-refractivity contribution in [1.82, 2.24) is 4.90 Å². The number of benzene rings is 1. The van der Waals surface area contributed by atoms with Crippen molar-refractivity contribution in [3.63, 3.8) is 0 Å². The zero-order valence-electron chi connectivity index (χ0n) is 21.0. The second-order valence-corrected chi connectivity index (χ2v) is 11.7. The lowest BCUT2D eigenvalue weighted by Crippen LogP contribution is -2.51. The Balaban J connectivity index is 2.41. The topological polar surface area (TPSA) is 87.2 Å². The molecule has 1 aromatic rings. The lowest BCUT2D eigenvalue weighted by Gasteiger charge is -2.41. The molecule has 1 heterocycles. The fourth-order valence-corrected chi connectivity index (χ4v) is 4.96. The maximum atomic E-state index is 12.9. The average molecular weight is 482 g/mol. The molecular weight excluding hydrogens is 442 g/mol. The molecule has 0 fully saturated rings. The summed E-state index contributed by atoms with van der Waals surface area (Å²) >= 11 is 0. The molecular formula is C24H39N3O5S. The van der Waals surface area contributed by atoms with Crippen LogP contribution in [0.1, 0.15) is 58.9 Å². The third kappa shape index (κ3) is 7.43. The number of likely N-dealkylation sites (N-methyl/N-ethyl adjacent to an activating group) is 1. The van der Waals surface area contributed by atoms with Gasteiger partial charge >= 0.3 is 6.09 Å². The number of hydrogen-bond donors (Lipinski definition) is 0. The van der Waals surface area contributed by atoms with Gasteiger partial charge < -0.3 is 14.5 Å². The predicted molar refractivity (Wildman–Crippen MR) is 133 cm³/mol. The number of anilines is 2. The molecule has 0 aromatic heterocycles. The van der Waals surface area contributed by atoms with Gasteiger partial charge in [-0.05, 0) is 57.9 Å². The van der Waals surface area contributed by atoms with Crippen LogP contribution >= 0.6 is 0 Å². The van der Waals surface area contributed by atoms with Gasteiger partial charge in [0.05, 0.1) is 29.3 Å². The molecule has 0 bridgehead atoms. The molecule has 0 radical (unpaired) electrons. The summed E-state index contributed by atoms with van der Waals surface area (Å²) in [4.78, 5) is 30.7. The molecule has 186 valence electrons. The van der Waals surface area contributed by atoms with Crippen LogP contribution in [-0.2, 0) is 19.4 Å². The minimum absolute atomic E-state index is 0.0704. The first-order valence-electron chi connectivity index (χ1n) is 11.6. The molecule has 2 atom stereocenters. The van der Waals surface area contributed by atoms with E-state index in [4.69, 9.17) is 4.74 Å². The van der Waals surface area contributed by atoms with Gasteiger partial charge in [0.1, 0.15) is 9.84 Å². The molecule has 33 heavy (non-hydrogen) atoms. The van der Waals surface area contributed by atoms with Gasteiger partial charge in [-0.15, -0.1) is 0 Å². The van der Waals surface area contributed by atoms with Crippen LogP contribution in [0.3, 0.4) is 0 Å². The highest BCUT2D eigenvalue weighted by atomic mass is 32.2. The molecule has 0 saturated carbocycles. The number of ether oxygens (including phenoxy) is 1. The Morgan fingerprint density at radius 1 is 1.24 bits per heavy atom. The fourth-order valence-electron chi connectivity index (χ4n) is 4.32. The van der Waals surface area contributed by atoms with Gasteiger partial charge in [0.25, 0.3) is 0 Å². The van der Waals surface area contributed by atoms with Crippen LogP contribution in [0.4, 0.5) is 16.2 Å².